The Balaban J connectivity index is 3.53. The van der Waals surface area contributed by atoms with E-state index in [9.17, 15) is 14.9 Å². The van der Waals surface area contributed by atoms with Gasteiger partial charge in [0.05, 0.1) is 17.6 Å². The fourth-order valence-corrected chi connectivity index (χ4v) is 1.35. The molecule has 0 atom stereocenters. The minimum absolute atomic E-state index is 0.0638. The zero-order valence-corrected chi connectivity index (χ0v) is 9.68. The Bertz CT molecular complexity index is 617. The number of benzene rings is 1. The molecule has 0 unspecified atom stereocenters. The van der Waals surface area contributed by atoms with Gasteiger partial charge in [0.2, 0.25) is 0 Å². The Labute approximate surface area is 103 Å². The van der Waals surface area contributed by atoms with Crippen molar-refractivity contribution in [1.29, 1.82) is 5.26 Å². The molecule has 1 aromatic rings. The zero-order valence-electron chi connectivity index (χ0n) is 9.68. The molecule has 0 aliphatic heterocycles. The molecule has 1 rings (SSSR count). The number of non-ortho nitro benzene ring substituents is 1. The summed E-state index contributed by atoms with van der Waals surface area (Å²) in [5.41, 5.74) is 0.485. The molecule has 0 saturated carbocycles. The molecule has 6 heteroatoms. The highest BCUT2D eigenvalue weighted by Crippen LogP contribution is 2.22. The molecule has 0 spiro atoms. The highest BCUT2D eigenvalue weighted by atomic mass is 16.6. The van der Waals surface area contributed by atoms with Crippen LogP contribution >= 0.6 is 0 Å². The van der Waals surface area contributed by atoms with Gasteiger partial charge in [-0.3, -0.25) is 10.1 Å². The number of ether oxygens (including phenoxy) is 1. The highest BCUT2D eigenvalue weighted by Gasteiger charge is 2.18. The van der Waals surface area contributed by atoms with Crippen LogP contribution in [0.4, 0.5) is 5.69 Å². The number of hydrogen-bond donors (Lipinski definition) is 0. The topological polar surface area (TPSA) is 93.2 Å². The van der Waals surface area contributed by atoms with Crippen molar-refractivity contribution in [2.24, 2.45) is 0 Å². The first-order valence-corrected chi connectivity index (χ1v) is 4.78. The minimum Gasteiger partial charge on any atom is -0.465 e. The first-order valence-electron chi connectivity index (χ1n) is 4.78. The third-order valence-corrected chi connectivity index (χ3v) is 2.26. The highest BCUT2D eigenvalue weighted by molar-refractivity contribution is 5.92. The summed E-state index contributed by atoms with van der Waals surface area (Å²) >= 11 is 0. The first kappa shape index (κ1) is 13.2. The molecule has 0 aliphatic rings. The third-order valence-electron chi connectivity index (χ3n) is 2.26. The molecule has 0 heterocycles. The van der Waals surface area contributed by atoms with Gasteiger partial charge in [0.25, 0.3) is 5.69 Å². The van der Waals surface area contributed by atoms with E-state index < -0.39 is 10.9 Å². The fourth-order valence-electron chi connectivity index (χ4n) is 1.35. The van der Waals surface area contributed by atoms with Gasteiger partial charge < -0.3 is 4.74 Å². The van der Waals surface area contributed by atoms with Crippen molar-refractivity contribution in [2.75, 3.05) is 7.11 Å². The van der Waals surface area contributed by atoms with Crippen molar-refractivity contribution in [3.63, 3.8) is 0 Å². The quantitative estimate of drug-likeness (QED) is 0.340. The Morgan fingerprint density at radius 2 is 2.17 bits per heavy atom. The number of carbonyl (C=O) groups is 1. The standard InChI is InChI=1S/C12H8N2O4/c1-8-9(4-3-5-13)6-10(14(16)17)7-11(8)12(15)18-2/h6-7H,1-2H3. The summed E-state index contributed by atoms with van der Waals surface area (Å²) in [5.74, 6) is 3.91. The maximum absolute atomic E-state index is 11.5. The molecule has 0 saturated heterocycles. The summed E-state index contributed by atoms with van der Waals surface area (Å²) in [6.07, 6.45) is 0. The van der Waals surface area contributed by atoms with Crippen molar-refractivity contribution in [1.82, 2.24) is 0 Å². The monoisotopic (exact) mass is 244 g/mol. The van der Waals surface area contributed by atoms with Crippen LogP contribution in [0.15, 0.2) is 12.1 Å². The smallest absolute Gasteiger partial charge is 0.338 e. The molecular weight excluding hydrogens is 236 g/mol. The van der Waals surface area contributed by atoms with E-state index in [1.807, 2.05) is 0 Å². The van der Waals surface area contributed by atoms with Crippen LogP contribution < -0.4 is 0 Å². The molecule has 0 amide bonds. The molecule has 90 valence electrons. The SMILES string of the molecule is COC(=O)c1cc([N+](=O)[O-])cc(C#CC#N)c1C. The van der Waals surface area contributed by atoms with E-state index >= 15 is 0 Å². The Hall–Kier alpha value is -2.86. The summed E-state index contributed by atoms with van der Waals surface area (Å²) in [6, 6.07) is 3.95. The average molecular weight is 244 g/mol. The molecule has 0 bridgehead atoms. The molecule has 0 aromatic heterocycles. The summed E-state index contributed by atoms with van der Waals surface area (Å²) in [5, 5.41) is 19.1. The van der Waals surface area contributed by atoms with Crippen molar-refractivity contribution in [3.05, 3.63) is 38.9 Å². The second kappa shape index (κ2) is 5.46. The van der Waals surface area contributed by atoms with Crippen molar-refractivity contribution >= 4 is 11.7 Å². The molecule has 0 fully saturated rings. The van der Waals surface area contributed by atoms with Gasteiger partial charge in [-0.15, -0.1) is 0 Å². The normalized spacial score (nSPS) is 8.72. The number of nitrogens with zero attached hydrogens (tertiary/aromatic N) is 2. The van der Waals surface area contributed by atoms with Gasteiger partial charge in [-0.05, 0) is 12.5 Å². The van der Waals surface area contributed by atoms with Crippen LogP contribution in [0.2, 0.25) is 0 Å². The number of nitro groups is 1. The number of carbonyl (C=O) groups excluding carboxylic acids is 1. The van der Waals surface area contributed by atoms with E-state index in [1.54, 1.807) is 13.0 Å². The summed E-state index contributed by atoms with van der Waals surface area (Å²) in [6.45, 7) is 1.58. The van der Waals surface area contributed by atoms with Gasteiger partial charge >= 0.3 is 5.97 Å². The van der Waals surface area contributed by atoms with Gasteiger partial charge in [-0.25, -0.2) is 4.79 Å². The van der Waals surface area contributed by atoms with E-state index in [-0.39, 0.29) is 16.8 Å². The molecule has 0 radical (unpaired) electrons. The van der Waals surface area contributed by atoms with Crippen molar-refractivity contribution in [3.8, 4) is 17.9 Å². The van der Waals surface area contributed by atoms with Crippen molar-refractivity contribution in [2.45, 2.75) is 6.92 Å². The maximum Gasteiger partial charge on any atom is 0.338 e. The lowest BCUT2D eigenvalue weighted by Gasteiger charge is -2.05. The molecule has 1 aromatic carbocycles. The maximum atomic E-state index is 11.5. The number of rotatable bonds is 2. The summed E-state index contributed by atoms with van der Waals surface area (Å²) < 4.78 is 4.54. The summed E-state index contributed by atoms with van der Waals surface area (Å²) in [4.78, 5) is 21.6. The second-order valence-corrected chi connectivity index (χ2v) is 3.28. The van der Waals surface area contributed by atoms with Crippen LogP contribution in [0.25, 0.3) is 0 Å². The first-order chi connectivity index (χ1) is 8.51. The number of esters is 1. The molecule has 0 N–H and O–H groups in total. The number of hydrogen-bond acceptors (Lipinski definition) is 5. The van der Waals surface area contributed by atoms with E-state index in [0.29, 0.717) is 5.56 Å². The third kappa shape index (κ3) is 2.63. The van der Waals surface area contributed by atoms with Gasteiger partial charge in [0.1, 0.15) is 0 Å². The predicted molar refractivity (Wildman–Crippen MR) is 61.7 cm³/mol. The average Bonchev–Trinajstić information content (AvgIpc) is 2.36. The Morgan fingerprint density at radius 1 is 1.50 bits per heavy atom. The van der Waals surface area contributed by atoms with Gasteiger partial charge in [0, 0.05) is 23.6 Å². The van der Waals surface area contributed by atoms with Crippen LogP contribution in [-0.2, 0) is 4.74 Å². The molecular formula is C12H8N2O4. The Morgan fingerprint density at radius 3 is 2.67 bits per heavy atom. The predicted octanol–water partition coefficient (Wildman–Crippen LogP) is 1.56. The van der Waals surface area contributed by atoms with Crippen LogP contribution in [0.5, 0.6) is 0 Å². The molecule has 18 heavy (non-hydrogen) atoms. The van der Waals surface area contributed by atoms with Crippen LogP contribution in [0, 0.1) is 40.2 Å². The van der Waals surface area contributed by atoms with Crippen LogP contribution in [0.3, 0.4) is 0 Å². The molecule has 6 nitrogen and oxygen atoms in total. The fraction of sp³-hybridized carbons (Fsp3) is 0.167. The number of nitriles is 1. The van der Waals surface area contributed by atoms with Crippen LogP contribution in [0.1, 0.15) is 21.5 Å². The zero-order chi connectivity index (χ0) is 13.7. The largest absolute Gasteiger partial charge is 0.465 e. The van der Waals surface area contributed by atoms with Crippen LogP contribution in [-0.4, -0.2) is 18.0 Å². The Kier molecular flexibility index (Phi) is 4.01. The van der Waals surface area contributed by atoms with E-state index in [1.165, 1.54) is 13.2 Å². The van der Waals surface area contributed by atoms with Gasteiger partial charge in [-0.1, -0.05) is 5.92 Å². The van der Waals surface area contributed by atoms with Gasteiger partial charge in [-0.2, -0.15) is 5.26 Å². The summed E-state index contributed by atoms with van der Waals surface area (Å²) in [7, 11) is 1.18. The lowest BCUT2D eigenvalue weighted by molar-refractivity contribution is -0.384. The van der Waals surface area contributed by atoms with E-state index in [4.69, 9.17) is 5.26 Å². The van der Waals surface area contributed by atoms with Crippen molar-refractivity contribution < 1.29 is 14.5 Å². The van der Waals surface area contributed by atoms with E-state index in [2.05, 4.69) is 16.6 Å². The number of methoxy groups -OCH3 is 1. The lowest BCUT2D eigenvalue weighted by Crippen LogP contribution is -2.06. The van der Waals surface area contributed by atoms with Gasteiger partial charge in [0.15, 0.2) is 6.07 Å². The molecule has 0 aliphatic carbocycles. The lowest BCUT2D eigenvalue weighted by atomic mass is 10.0. The second-order valence-electron chi connectivity index (χ2n) is 3.28. The minimum atomic E-state index is -0.684. The number of nitro benzene ring substituents is 1. The van der Waals surface area contributed by atoms with E-state index in [0.717, 1.165) is 6.07 Å².